The minimum Gasteiger partial charge on any atom is -0.298 e. The van der Waals surface area contributed by atoms with E-state index in [9.17, 15) is 4.79 Å². The van der Waals surface area contributed by atoms with E-state index in [1.54, 1.807) is 17.5 Å². The highest BCUT2D eigenvalue weighted by atomic mass is 16.1. The number of fused-ring (bicyclic) bond motifs is 1. The molecule has 0 fully saturated rings. The fraction of sp³-hybridized carbons (Fsp3) is 0.143. The molecule has 0 unspecified atom stereocenters. The van der Waals surface area contributed by atoms with Gasteiger partial charge in [0, 0.05) is 18.0 Å². The number of rotatable bonds is 1. The molecular weight excluding hydrogens is 156 g/mol. The van der Waals surface area contributed by atoms with E-state index >= 15 is 0 Å². The summed E-state index contributed by atoms with van der Waals surface area (Å²) in [5, 5.41) is 7.59. The molecule has 0 spiro atoms. The van der Waals surface area contributed by atoms with Gasteiger partial charge in [-0.05, 0) is 6.92 Å². The largest absolute Gasteiger partial charge is 0.298 e. The van der Waals surface area contributed by atoms with Crippen molar-refractivity contribution in [1.82, 2.24) is 19.6 Å². The van der Waals surface area contributed by atoms with Crippen molar-refractivity contribution in [1.29, 1.82) is 0 Å². The first-order valence-electron chi connectivity index (χ1n) is 3.44. The first kappa shape index (κ1) is 6.90. The van der Waals surface area contributed by atoms with Gasteiger partial charge in [0.2, 0.25) is 0 Å². The van der Waals surface area contributed by atoms with Crippen molar-refractivity contribution in [3.05, 3.63) is 23.8 Å². The van der Waals surface area contributed by atoms with Gasteiger partial charge in [-0.3, -0.25) is 9.20 Å². The van der Waals surface area contributed by atoms with E-state index in [2.05, 4.69) is 15.2 Å². The molecule has 0 aliphatic carbocycles. The molecule has 0 N–H and O–H groups in total. The Morgan fingerprint density at radius 3 is 3.08 bits per heavy atom. The predicted molar refractivity (Wildman–Crippen MR) is 40.9 cm³/mol. The Hall–Kier alpha value is -1.78. The number of aryl methyl sites for hydroxylation is 1. The zero-order valence-electron chi connectivity index (χ0n) is 6.43. The molecule has 0 atom stereocenters. The Labute approximate surface area is 68.1 Å². The molecule has 0 aromatic carbocycles. The van der Waals surface area contributed by atoms with Gasteiger partial charge < -0.3 is 0 Å². The van der Waals surface area contributed by atoms with Gasteiger partial charge >= 0.3 is 0 Å². The Morgan fingerprint density at radius 2 is 2.33 bits per heavy atom. The van der Waals surface area contributed by atoms with Crippen molar-refractivity contribution in [2.45, 2.75) is 6.92 Å². The van der Waals surface area contributed by atoms with E-state index < -0.39 is 0 Å². The number of hydrogen-bond donors (Lipinski definition) is 0. The van der Waals surface area contributed by atoms with Crippen LogP contribution in [0.4, 0.5) is 0 Å². The molecule has 60 valence electrons. The van der Waals surface area contributed by atoms with Gasteiger partial charge in [-0.1, -0.05) is 0 Å². The molecule has 2 rings (SSSR count). The lowest BCUT2D eigenvalue weighted by Crippen LogP contribution is -1.93. The molecule has 2 aromatic rings. The van der Waals surface area contributed by atoms with Gasteiger partial charge in [-0.25, -0.2) is 4.98 Å². The number of carbonyl (C=O) groups is 1. The van der Waals surface area contributed by atoms with Crippen molar-refractivity contribution in [3.63, 3.8) is 0 Å². The number of carbonyl (C=O) groups excluding carboxylic acids is 1. The zero-order valence-corrected chi connectivity index (χ0v) is 6.43. The molecule has 5 heteroatoms. The molecule has 2 aromatic heterocycles. The van der Waals surface area contributed by atoms with Crippen LogP contribution in [0.1, 0.15) is 16.2 Å². The highest BCUT2D eigenvalue weighted by molar-refractivity contribution is 5.73. The highest BCUT2D eigenvalue weighted by Crippen LogP contribution is 2.00. The minimum absolute atomic E-state index is 0.512. The van der Waals surface area contributed by atoms with Crippen LogP contribution in [-0.2, 0) is 0 Å². The van der Waals surface area contributed by atoms with Gasteiger partial charge in [0.1, 0.15) is 5.82 Å². The van der Waals surface area contributed by atoms with E-state index in [1.807, 2.05) is 0 Å². The van der Waals surface area contributed by atoms with Crippen molar-refractivity contribution >= 4 is 12.1 Å². The summed E-state index contributed by atoms with van der Waals surface area (Å²) in [4.78, 5) is 14.3. The van der Waals surface area contributed by atoms with Crippen LogP contribution < -0.4 is 0 Å². The summed E-state index contributed by atoms with van der Waals surface area (Å²) < 4.78 is 1.67. The molecule has 0 aliphatic rings. The van der Waals surface area contributed by atoms with Crippen LogP contribution >= 0.6 is 0 Å². The monoisotopic (exact) mass is 162 g/mol. The number of nitrogens with zero attached hydrogens (tertiary/aromatic N) is 4. The quantitative estimate of drug-likeness (QED) is 0.564. The predicted octanol–water partition coefficient (Wildman–Crippen LogP) is 0.245. The first-order valence-corrected chi connectivity index (χ1v) is 3.44. The van der Waals surface area contributed by atoms with E-state index in [0.29, 0.717) is 11.3 Å². The van der Waals surface area contributed by atoms with E-state index in [4.69, 9.17) is 0 Å². The van der Waals surface area contributed by atoms with Crippen LogP contribution in [0.3, 0.4) is 0 Å². The second-order valence-corrected chi connectivity index (χ2v) is 2.42. The van der Waals surface area contributed by atoms with Crippen LogP contribution in [0.25, 0.3) is 5.78 Å². The summed E-state index contributed by atoms with van der Waals surface area (Å²) in [6, 6.07) is 0. The van der Waals surface area contributed by atoms with Crippen LogP contribution in [0.5, 0.6) is 0 Å². The van der Waals surface area contributed by atoms with Crippen LogP contribution in [0.2, 0.25) is 0 Å². The van der Waals surface area contributed by atoms with Gasteiger partial charge in [0.05, 0.1) is 0 Å². The molecule has 0 amide bonds. The van der Waals surface area contributed by atoms with Gasteiger partial charge in [0.25, 0.3) is 5.78 Å². The van der Waals surface area contributed by atoms with Crippen molar-refractivity contribution in [3.8, 4) is 0 Å². The molecule has 5 nitrogen and oxygen atoms in total. The normalized spacial score (nSPS) is 10.4. The summed E-state index contributed by atoms with van der Waals surface area (Å²) in [5.74, 6) is 1.24. The fourth-order valence-electron chi connectivity index (χ4n) is 0.973. The van der Waals surface area contributed by atoms with E-state index in [1.165, 1.54) is 6.20 Å². The second-order valence-electron chi connectivity index (χ2n) is 2.42. The summed E-state index contributed by atoms with van der Waals surface area (Å²) in [6.45, 7) is 1.80. The number of hydrogen-bond acceptors (Lipinski definition) is 4. The Balaban J connectivity index is 2.79. The van der Waals surface area contributed by atoms with E-state index in [-0.39, 0.29) is 0 Å². The standard InChI is InChI=1S/C7H6N4O/c1-5-9-10-7-8-2-6(4-12)3-11(5)7/h2-4H,1H3. The summed E-state index contributed by atoms with van der Waals surface area (Å²) in [7, 11) is 0. The van der Waals surface area contributed by atoms with Crippen molar-refractivity contribution < 1.29 is 4.79 Å². The Bertz CT molecular complexity index is 434. The average Bonchev–Trinajstić information content (AvgIpc) is 2.47. The Kier molecular flexibility index (Phi) is 1.36. The van der Waals surface area contributed by atoms with Crippen molar-refractivity contribution in [2.75, 3.05) is 0 Å². The topological polar surface area (TPSA) is 60.2 Å². The number of aromatic nitrogens is 4. The SMILES string of the molecule is Cc1nnc2ncc(C=O)cn12. The maximum atomic E-state index is 10.4. The third-order valence-corrected chi connectivity index (χ3v) is 1.59. The molecule has 2 heterocycles. The summed E-state index contributed by atoms with van der Waals surface area (Å²) in [5.41, 5.74) is 0.519. The zero-order chi connectivity index (χ0) is 8.55. The lowest BCUT2D eigenvalue weighted by molar-refractivity contribution is 0.112. The third-order valence-electron chi connectivity index (χ3n) is 1.59. The minimum atomic E-state index is 0.512. The Morgan fingerprint density at radius 1 is 1.50 bits per heavy atom. The summed E-state index contributed by atoms with van der Waals surface area (Å²) in [6.07, 6.45) is 3.87. The third kappa shape index (κ3) is 0.868. The molecule has 12 heavy (non-hydrogen) atoms. The van der Waals surface area contributed by atoms with Gasteiger partial charge in [-0.2, -0.15) is 0 Å². The summed E-state index contributed by atoms with van der Waals surface area (Å²) >= 11 is 0. The van der Waals surface area contributed by atoms with E-state index in [0.717, 1.165) is 12.1 Å². The molecule has 0 saturated heterocycles. The van der Waals surface area contributed by atoms with Crippen LogP contribution in [-0.4, -0.2) is 25.9 Å². The molecular formula is C7H6N4O. The second kappa shape index (κ2) is 2.37. The van der Waals surface area contributed by atoms with Gasteiger partial charge in [-0.15, -0.1) is 10.2 Å². The van der Waals surface area contributed by atoms with Crippen molar-refractivity contribution in [2.24, 2.45) is 0 Å². The van der Waals surface area contributed by atoms with Crippen LogP contribution in [0.15, 0.2) is 12.4 Å². The molecule has 0 aliphatic heterocycles. The fourth-order valence-corrected chi connectivity index (χ4v) is 0.973. The average molecular weight is 162 g/mol. The maximum absolute atomic E-state index is 10.4. The molecule has 0 radical (unpaired) electrons. The molecule has 0 saturated carbocycles. The maximum Gasteiger partial charge on any atom is 0.254 e. The van der Waals surface area contributed by atoms with Gasteiger partial charge in [0.15, 0.2) is 6.29 Å². The van der Waals surface area contributed by atoms with Crippen LogP contribution in [0, 0.1) is 6.92 Å². The highest BCUT2D eigenvalue weighted by Gasteiger charge is 2.01. The number of aldehydes is 1. The lowest BCUT2D eigenvalue weighted by Gasteiger charge is -1.93. The molecule has 0 bridgehead atoms. The smallest absolute Gasteiger partial charge is 0.254 e. The lowest BCUT2D eigenvalue weighted by atomic mass is 10.4. The first-order chi connectivity index (χ1) is 5.81.